The number of thiazole rings is 1. The monoisotopic (exact) mass is 483 g/mol. The van der Waals surface area contributed by atoms with Gasteiger partial charge in [0.2, 0.25) is 5.91 Å². The van der Waals surface area contributed by atoms with Gasteiger partial charge in [-0.1, -0.05) is 55.3 Å². The first-order valence-corrected chi connectivity index (χ1v) is 13.2. The molecule has 1 unspecified atom stereocenters. The Labute approximate surface area is 188 Å². The number of halogens is 1. The molecule has 1 N–H and O–H groups in total. The van der Waals surface area contributed by atoms with Crippen molar-refractivity contribution in [2.45, 2.75) is 49.3 Å². The number of benzene rings is 1. The number of anilines is 1. The minimum absolute atomic E-state index is 0.161. The maximum atomic E-state index is 13.1. The van der Waals surface area contributed by atoms with Gasteiger partial charge < -0.3 is 5.32 Å². The lowest BCUT2D eigenvalue weighted by atomic mass is 10.0. The van der Waals surface area contributed by atoms with Crippen molar-refractivity contribution in [3.8, 4) is 0 Å². The fourth-order valence-electron chi connectivity index (χ4n) is 3.68. The first kappa shape index (κ1) is 21.7. The molecule has 1 aliphatic rings. The number of amides is 1. The maximum absolute atomic E-state index is 13.1. The van der Waals surface area contributed by atoms with Crippen molar-refractivity contribution < 1.29 is 13.2 Å². The lowest BCUT2D eigenvalue weighted by Crippen LogP contribution is -2.49. The summed E-state index contributed by atoms with van der Waals surface area (Å²) in [5.41, 5.74) is 2.01. The number of nitrogens with zero attached hydrogens (tertiary/aromatic N) is 2. The van der Waals surface area contributed by atoms with E-state index in [4.69, 9.17) is 11.6 Å². The van der Waals surface area contributed by atoms with E-state index in [0.717, 1.165) is 40.0 Å². The molecule has 30 heavy (non-hydrogen) atoms. The summed E-state index contributed by atoms with van der Waals surface area (Å²) in [5.74, 6) is -0.0259. The molecule has 2 aromatic heterocycles. The van der Waals surface area contributed by atoms with E-state index >= 15 is 0 Å². The Balaban J connectivity index is 1.60. The fraction of sp³-hybridized carbons (Fsp3) is 0.400. The van der Waals surface area contributed by atoms with Gasteiger partial charge >= 0.3 is 0 Å². The first-order chi connectivity index (χ1) is 14.3. The summed E-state index contributed by atoms with van der Waals surface area (Å²) in [6.45, 7) is 4.52. The Hall–Kier alpha value is -1.52. The van der Waals surface area contributed by atoms with E-state index < -0.39 is 16.1 Å². The second-order valence-electron chi connectivity index (χ2n) is 7.54. The Kier molecular flexibility index (Phi) is 6.18. The maximum Gasteiger partial charge on any atom is 0.253 e. The highest BCUT2D eigenvalue weighted by atomic mass is 35.5. The third-order valence-corrected chi connectivity index (χ3v) is 9.71. The number of aromatic nitrogens is 1. The second-order valence-corrected chi connectivity index (χ2v) is 12.4. The molecule has 1 amide bonds. The zero-order valence-corrected chi connectivity index (χ0v) is 19.8. The number of hydrogen-bond acceptors (Lipinski definition) is 6. The van der Waals surface area contributed by atoms with Crippen LogP contribution in [0.4, 0.5) is 5.13 Å². The van der Waals surface area contributed by atoms with Gasteiger partial charge in [0.1, 0.15) is 10.3 Å². The summed E-state index contributed by atoms with van der Waals surface area (Å²) in [7, 11) is -3.78. The van der Waals surface area contributed by atoms with Gasteiger partial charge in [-0.05, 0) is 42.5 Å². The van der Waals surface area contributed by atoms with Crippen LogP contribution < -0.4 is 5.32 Å². The number of rotatable bonds is 5. The number of thiophene rings is 1. The molecule has 160 valence electrons. The minimum atomic E-state index is -3.78. The van der Waals surface area contributed by atoms with Crippen molar-refractivity contribution in [3.05, 3.63) is 40.2 Å². The van der Waals surface area contributed by atoms with Gasteiger partial charge in [0.05, 0.1) is 14.6 Å². The van der Waals surface area contributed by atoms with Gasteiger partial charge in [-0.25, -0.2) is 13.4 Å². The molecule has 0 spiro atoms. The predicted molar refractivity (Wildman–Crippen MR) is 123 cm³/mol. The number of nitrogens with one attached hydrogen (secondary N) is 1. The molecule has 1 fully saturated rings. The molecule has 3 aromatic rings. The molecule has 10 heteroatoms. The third kappa shape index (κ3) is 4.13. The van der Waals surface area contributed by atoms with E-state index in [-0.39, 0.29) is 10.1 Å². The molecular formula is C20H22ClN3O3S3. The molecule has 0 bridgehead atoms. The second kappa shape index (κ2) is 8.55. The number of fused-ring (bicyclic) bond motifs is 1. The third-order valence-electron chi connectivity index (χ3n) is 5.17. The topological polar surface area (TPSA) is 79.4 Å². The Morgan fingerprint density at radius 2 is 2.03 bits per heavy atom. The average molecular weight is 484 g/mol. The van der Waals surface area contributed by atoms with Gasteiger partial charge in [-0.3, -0.25) is 4.79 Å². The summed E-state index contributed by atoms with van der Waals surface area (Å²) >= 11 is 8.34. The van der Waals surface area contributed by atoms with E-state index in [1.165, 1.54) is 21.7 Å². The highest BCUT2D eigenvalue weighted by Gasteiger charge is 2.38. The quantitative estimate of drug-likeness (QED) is 0.532. The van der Waals surface area contributed by atoms with Crippen LogP contribution in [0, 0.1) is 0 Å². The molecule has 6 nitrogen and oxygen atoms in total. The van der Waals surface area contributed by atoms with Crippen LogP contribution in [0.5, 0.6) is 0 Å². The average Bonchev–Trinajstić information content (AvgIpc) is 3.33. The summed E-state index contributed by atoms with van der Waals surface area (Å²) < 4.78 is 29.1. The van der Waals surface area contributed by atoms with Crippen molar-refractivity contribution in [2.75, 3.05) is 11.9 Å². The summed E-state index contributed by atoms with van der Waals surface area (Å²) in [5, 5.41) is 3.36. The SMILES string of the molecule is CC(C)c1cccc2sc(NC(=O)C3CCCCN3S(=O)(=O)c3ccc(Cl)s3)nc12. The Morgan fingerprint density at radius 1 is 1.23 bits per heavy atom. The molecule has 1 atom stereocenters. The van der Waals surface area contributed by atoms with Crippen molar-refractivity contribution in [2.24, 2.45) is 0 Å². The number of carbonyl (C=O) groups excluding carboxylic acids is 1. The van der Waals surface area contributed by atoms with Crippen LogP contribution in [-0.2, 0) is 14.8 Å². The number of carbonyl (C=O) groups is 1. The van der Waals surface area contributed by atoms with Crippen molar-refractivity contribution in [1.82, 2.24) is 9.29 Å². The number of piperidine rings is 1. The van der Waals surface area contributed by atoms with E-state index in [1.54, 1.807) is 6.07 Å². The number of sulfonamides is 1. The minimum Gasteiger partial charge on any atom is -0.301 e. The molecule has 4 rings (SSSR count). The van der Waals surface area contributed by atoms with Crippen molar-refractivity contribution in [1.29, 1.82) is 0 Å². The highest BCUT2D eigenvalue weighted by molar-refractivity contribution is 7.91. The van der Waals surface area contributed by atoms with Crippen LogP contribution in [0.25, 0.3) is 10.2 Å². The van der Waals surface area contributed by atoms with E-state index in [9.17, 15) is 13.2 Å². The van der Waals surface area contributed by atoms with E-state index in [0.29, 0.717) is 28.4 Å². The van der Waals surface area contributed by atoms with E-state index in [2.05, 4.69) is 24.1 Å². The molecule has 1 aromatic carbocycles. The lowest BCUT2D eigenvalue weighted by Gasteiger charge is -2.32. The van der Waals surface area contributed by atoms with Crippen LogP contribution in [-0.4, -0.2) is 36.2 Å². The van der Waals surface area contributed by atoms with Gasteiger partial charge in [0.15, 0.2) is 5.13 Å². The van der Waals surface area contributed by atoms with Crippen LogP contribution >= 0.6 is 34.3 Å². The smallest absolute Gasteiger partial charge is 0.253 e. The van der Waals surface area contributed by atoms with Crippen molar-refractivity contribution >= 4 is 65.6 Å². The van der Waals surface area contributed by atoms with Crippen molar-refractivity contribution in [3.63, 3.8) is 0 Å². The van der Waals surface area contributed by atoms with Crippen LogP contribution in [0.3, 0.4) is 0 Å². The van der Waals surface area contributed by atoms with Gasteiger partial charge in [0.25, 0.3) is 10.0 Å². The summed E-state index contributed by atoms with van der Waals surface area (Å²) in [6.07, 6.45) is 2.00. The van der Waals surface area contributed by atoms with Gasteiger partial charge in [-0.15, -0.1) is 11.3 Å². The number of hydrogen-bond donors (Lipinski definition) is 1. The largest absolute Gasteiger partial charge is 0.301 e. The first-order valence-electron chi connectivity index (χ1n) is 9.75. The number of para-hydroxylation sites is 1. The molecular weight excluding hydrogens is 462 g/mol. The molecule has 0 aliphatic carbocycles. The molecule has 0 radical (unpaired) electrons. The van der Waals surface area contributed by atoms with Crippen LogP contribution in [0.2, 0.25) is 4.34 Å². The lowest BCUT2D eigenvalue weighted by molar-refractivity contribution is -0.120. The zero-order chi connectivity index (χ0) is 21.5. The zero-order valence-electron chi connectivity index (χ0n) is 16.6. The van der Waals surface area contributed by atoms with Crippen LogP contribution in [0.15, 0.2) is 34.5 Å². The Morgan fingerprint density at radius 3 is 2.73 bits per heavy atom. The summed E-state index contributed by atoms with van der Waals surface area (Å²) in [4.78, 5) is 17.7. The molecule has 1 aliphatic heterocycles. The predicted octanol–water partition coefficient (Wildman–Crippen LogP) is 5.32. The van der Waals surface area contributed by atoms with E-state index in [1.807, 2.05) is 18.2 Å². The Bertz CT molecular complexity index is 1190. The van der Waals surface area contributed by atoms with Gasteiger partial charge in [0, 0.05) is 6.54 Å². The summed E-state index contributed by atoms with van der Waals surface area (Å²) in [6, 6.07) is 8.30. The standard InChI is InChI=1S/C20H22ClN3O3S3/c1-12(2)13-6-5-8-15-18(13)22-20(28-15)23-19(25)14-7-3-4-11-24(14)30(26,27)17-10-9-16(21)29-17/h5-6,8-10,12,14H,3-4,7,11H2,1-2H3,(H,22,23,25). The molecule has 1 saturated heterocycles. The van der Waals surface area contributed by atoms with Gasteiger partial charge in [-0.2, -0.15) is 4.31 Å². The fourth-order valence-corrected chi connectivity index (χ4v) is 7.86. The molecule has 3 heterocycles. The molecule has 0 saturated carbocycles. The highest BCUT2D eigenvalue weighted by Crippen LogP contribution is 2.34. The van der Waals surface area contributed by atoms with Crippen LogP contribution in [0.1, 0.15) is 44.6 Å². The normalized spacial score (nSPS) is 18.2.